The lowest BCUT2D eigenvalue weighted by atomic mass is 10.2. The first-order valence-electron chi connectivity index (χ1n) is 6.53. The number of benzene rings is 1. The summed E-state index contributed by atoms with van der Waals surface area (Å²) < 4.78 is 0.258. The molecule has 1 aliphatic heterocycles. The summed E-state index contributed by atoms with van der Waals surface area (Å²) in [5.41, 5.74) is 3.55. The van der Waals surface area contributed by atoms with Crippen LogP contribution in [-0.4, -0.2) is 26.1 Å². The highest BCUT2D eigenvalue weighted by Gasteiger charge is 2.34. The van der Waals surface area contributed by atoms with Gasteiger partial charge >= 0.3 is 0 Å². The highest BCUT2D eigenvalue weighted by Crippen LogP contribution is 2.31. The molecule has 0 spiro atoms. The fourth-order valence-corrected chi connectivity index (χ4v) is 3.34. The fraction of sp³-hybridized carbons (Fsp3) is 0. The number of H-pyrrole nitrogens is 1. The van der Waals surface area contributed by atoms with Crippen LogP contribution in [0.1, 0.15) is 16.1 Å². The molecular weight excluding hydrogens is 354 g/mol. The zero-order chi connectivity index (χ0) is 16.4. The summed E-state index contributed by atoms with van der Waals surface area (Å²) in [6, 6.07) is 10.2. The first kappa shape index (κ1) is 15.8. The second-order valence-corrected chi connectivity index (χ2v) is 6.65. The molecule has 2 heterocycles. The van der Waals surface area contributed by atoms with Gasteiger partial charge in [-0.1, -0.05) is 35.5 Å². The molecule has 8 heteroatoms. The molecule has 116 valence electrons. The van der Waals surface area contributed by atoms with E-state index in [0.29, 0.717) is 9.93 Å². The summed E-state index contributed by atoms with van der Waals surface area (Å²) in [6.45, 7) is 0. The predicted octanol–water partition coefficient (Wildman–Crippen LogP) is 3.21. The van der Waals surface area contributed by atoms with Gasteiger partial charge in [0.2, 0.25) is 0 Å². The van der Waals surface area contributed by atoms with Crippen LogP contribution in [0.4, 0.5) is 0 Å². The minimum absolute atomic E-state index is 0.258. The molecule has 0 radical (unpaired) electrons. The molecule has 2 amide bonds. The van der Waals surface area contributed by atoms with Crippen molar-refractivity contribution < 1.29 is 9.59 Å². The molecule has 0 bridgehead atoms. The number of hydrogen-bond acceptors (Lipinski definition) is 4. The lowest BCUT2D eigenvalue weighted by Crippen LogP contribution is -2.44. The number of aromatic nitrogens is 1. The van der Waals surface area contributed by atoms with Crippen LogP contribution < -0.4 is 5.43 Å². The fourth-order valence-electron chi connectivity index (χ4n) is 1.95. The molecule has 0 saturated carbocycles. The van der Waals surface area contributed by atoms with Crippen LogP contribution >= 0.6 is 35.6 Å². The number of aromatic amines is 1. The van der Waals surface area contributed by atoms with E-state index in [0.717, 1.165) is 22.5 Å². The van der Waals surface area contributed by atoms with Crippen LogP contribution in [0.3, 0.4) is 0 Å². The zero-order valence-electron chi connectivity index (χ0n) is 11.6. The largest absolute Gasteiger partial charge is 0.362 e. The van der Waals surface area contributed by atoms with Gasteiger partial charge in [0, 0.05) is 11.9 Å². The summed E-state index contributed by atoms with van der Waals surface area (Å²) in [4.78, 5) is 28.0. The standard InChI is InChI=1S/C15H10ClN3O2S2/c16-11-6-2-1-5-10(11)13(20)18-19-14(21)12(23-15(19)22)8-9-4-3-7-17-9/h1-8,17H,(H,18,20)/b12-8-. The number of hydrogen-bond donors (Lipinski definition) is 2. The number of halogens is 1. The van der Waals surface area contributed by atoms with Gasteiger partial charge in [-0.15, -0.1) is 0 Å². The van der Waals surface area contributed by atoms with Gasteiger partial charge in [0.15, 0.2) is 4.32 Å². The minimum atomic E-state index is -0.493. The second-order valence-electron chi connectivity index (χ2n) is 4.56. The van der Waals surface area contributed by atoms with E-state index in [1.165, 1.54) is 0 Å². The van der Waals surface area contributed by atoms with E-state index < -0.39 is 5.91 Å². The third-order valence-corrected chi connectivity index (χ3v) is 4.67. The molecule has 2 aromatic rings. The molecule has 1 saturated heterocycles. The van der Waals surface area contributed by atoms with Gasteiger partial charge in [-0.05, 0) is 42.6 Å². The van der Waals surface area contributed by atoms with Crippen molar-refractivity contribution >= 4 is 57.8 Å². The van der Waals surface area contributed by atoms with E-state index in [1.54, 1.807) is 36.5 Å². The Balaban J connectivity index is 1.79. The number of nitrogens with one attached hydrogen (secondary N) is 2. The Morgan fingerprint density at radius 1 is 1.30 bits per heavy atom. The highest BCUT2D eigenvalue weighted by atomic mass is 35.5. The van der Waals surface area contributed by atoms with Crippen molar-refractivity contribution in [3.8, 4) is 0 Å². The Bertz CT molecular complexity index is 818. The number of carbonyl (C=O) groups excluding carboxylic acids is 2. The molecule has 0 unspecified atom stereocenters. The lowest BCUT2D eigenvalue weighted by molar-refractivity contribution is -0.123. The first-order chi connectivity index (χ1) is 11.1. The Labute approximate surface area is 146 Å². The van der Waals surface area contributed by atoms with Crippen molar-refractivity contribution in [2.75, 3.05) is 0 Å². The van der Waals surface area contributed by atoms with Gasteiger partial charge < -0.3 is 4.98 Å². The normalized spacial score (nSPS) is 16.2. The number of carbonyl (C=O) groups is 2. The van der Waals surface area contributed by atoms with Crippen LogP contribution in [0, 0.1) is 0 Å². The van der Waals surface area contributed by atoms with E-state index in [4.69, 9.17) is 23.8 Å². The van der Waals surface area contributed by atoms with Gasteiger partial charge in [0.1, 0.15) is 0 Å². The Hall–Kier alpha value is -2.09. The summed E-state index contributed by atoms with van der Waals surface area (Å²) in [6.07, 6.45) is 3.44. The average molecular weight is 364 g/mol. The quantitative estimate of drug-likeness (QED) is 0.649. The molecule has 23 heavy (non-hydrogen) atoms. The summed E-state index contributed by atoms with van der Waals surface area (Å²) >= 11 is 12.3. The number of nitrogens with zero attached hydrogens (tertiary/aromatic N) is 1. The van der Waals surface area contributed by atoms with Gasteiger partial charge in [0.25, 0.3) is 11.8 Å². The number of thiocarbonyl (C=S) groups is 1. The van der Waals surface area contributed by atoms with Gasteiger partial charge in [-0.3, -0.25) is 15.0 Å². The van der Waals surface area contributed by atoms with Crippen LogP contribution in [-0.2, 0) is 4.79 Å². The van der Waals surface area contributed by atoms with E-state index >= 15 is 0 Å². The molecule has 1 aliphatic rings. The number of thioether (sulfide) groups is 1. The van der Waals surface area contributed by atoms with Crippen molar-refractivity contribution in [3.63, 3.8) is 0 Å². The maximum Gasteiger partial charge on any atom is 0.285 e. The first-order valence-corrected chi connectivity index (χ1v) is 8.13. The molecule has 1 aromatic heterocycles. The van der Waals surface area contributed by atoms with Crippen LogP contribution in [0.2, 0.25) is 5.02 Å². The molecule has 0 aliphatic carbocycles. The Kier molecular flexibility index (Phi) is 4.51. The zero-order valence-corrected chi connectivity index (χ0v) is 14.0. The van der Waals surface area contributed by atoms with Gasteiger partial charge in [-0.25, -0.2) is 0 Å². The highest BCUT2D eigenvalue weighted by molar-refractivity contribution is 8.26. The molecule has 0 atom stereocenters. The van der Waals surface area contributed by atoms with Crippen molar-refractivity contribution in [1.29, 1.82) is 0 Å². The maximum absolute atomic E-state index is 12.4. The van der Waals surface area contributed by atoms with Crippen LogP contribution in [0.15, 0.2) is 47.5 Å². The molecule has 1 fully saturated rings. The molecule has 3 rings (SSSR count). The van der Waals surface area contributed by atoms with Crippen LogP contribution in [0.5, 0.6) is 0 Å². The molecule has 5 nitrogen and oxygen atoms in total. The smallest absolute Gasteiger partial charge is 0.285 e. The SMILES string of the molecule is O=C(NN1C(=O)/C(=C/c2ccc[nH]2)SC1=S)c1ccccc1Cl. The average Bonchev–Trinajstić information content (AvgIpc) is 3.12. The third kappa shape index (κ3) is 3.31. The summed E-state index contributed by atoms with van der Waals surface area (Å²) in [5, 5.41) is 1.36. The minimum Gasteiger partial charge on any atom is -0.362 e. The monoisotopic (exact) mass is 363 g/mol. The van der Waals surface area contributed by atoms with Crippen molar-refractivity contribution in [3.05, 3.63) is 63.8 Å². The predicted molar refractivity (Wildman–Crippen MR) is 94.7 cm³/mol. The topological polar surface area (TPSA) is 65.2 Å². The van der Waals surface area contributed by atoms with E-state index in [2.05, 4.69) is 10.4 Å². The molecule has 1 aromatic carbocycles. The second kappa shape index (κ2) is 6.57. The maximum atomic E-state index is 12.4. The summed E-state index contributed by atoms with van der Waals surface area (Å²) in [7, 11) is 0. The number of hydrazine groups is 1. The lowest BCUT2D eigenvalue weighted by Gasteiger charge is -2.16. The Morgan fingerprint density at radius 2 is 2.09 bits per heavy atom. The van der Waals surface area contributed by atoms with Crippen LogP contribution in [0.25, 0.3) is 6.08 Å². The third-order valence-electron chi connectivity index (χ3n) is 3.03. The number of rotatable bonds is 3. The van der Waals surface area contributed by atoms with Gasteiger partial charge in [0.05, 0.1) is 15.5 Å². The van der Waals surface area contributed by atoms with Gasteiger partial charge in [-0.2, -0.15) is 5.01 Å². The Morgan fingerprint density at radius 3 is 2.78 bits per heavy atom. The van der Waals surface area contributed by atoms with Crippen molar-refractivity contribution in [2.24, 2.45) is 0 Å². The van der Waals surface area contributed by atoms with E-state index in [9.17, 15) is 9.59 Å². The van der Waals surface area contributed by atoms with Crippen molar-refractivity contribution in [2.45, 2.75) is 0 Å². The molecule has 2 N–H and O–H groups in total. The molecular formula is C15H10ClN3O2S2. The van der Waals surface area contributed by atoms with E-state index in [1.807, 2.05) is 12.1 Å². The number of amides is 2. The summed E-state index contributed by atoms with van der Waals surface area (Å²) in [5.74, 6) is -0.872. The van der Waals surface area contributed by atoms with Crippen molar-refractivity contribution in [1.82, 2.24) is 15.4 Å². The van der Waals surface area contributed by atoms with E-state index in [-0.39, 0.29) is 15.8 Å².